The number of methoxy groups -OCH3 is 1. The number of amides is 1. The SMILES string of the molecule is COc1ccc2cc(C(=O)N3CC(N(Cc4cccnc4)S(C)(=O)=O)C3)[nH]c2c1. The molecule has 2 aromatic heterocycles. The van der Waals surface area contributed by atoms with E-state index in [4.69, 9.17) is 4.74 Å². The van der Waals surface area contributed by atoms with Crippen molar-refractivity contribution in [3.05, 3.63) is 60.0 Å². The number of pyridine rings is 1. The van der Waals surface area contributed by atoms with Gasteiger partial charge in [0.2, 0.25) is 10.0 Å². The fraction of sp³-hybridized carbons (Fsp3) is 0.300. The maximum absolute atomic E-state index is 12.8. The number of hydrogen-bond acceptors (Lipinski definition) is 5. The van der Waals surface area contributed by atoms with Crippen LogP contribution < -0.4 is 4.74 Å². The average molecular weight is 414 g/mol. The number of carbonyl (C=O) groups is 1. The minimum atomic E-state index is -3.42. The van der Waals surface area contributed by atoms with Gasteiger partial charge in [-0.05, 0) is 29.8 Å². The average Bonchev–Trinajstić information content (AvgIpc) is 3.09. The number of aromatic nitrogens is 2. The van der Waals surface area contributed by atoms with Crippen LogP contribution in [0.5, 0.6) is 5.75 Å². The van der Waals surface area contributed by atoms with Crippen molar-refractivity contribution in [1.82, 2.24) is 19.2 Å². The van der Waals surface area contributed by atoms with Gasteiger partial charge < -0.3 is 14.6 Å². The van der Waals surface area contributed by atoms with Crippen molar-refractivity contribution >= 4 is 26.8 Å². The van der Waals surface area contributed by atoms with Crippen molar-refractivity contribution in [2.75, 3.05) is 26.5 Å². The van der Waals surface area contributed by atoms with E-state index in [2.05, 4.69) is 9.97 Å². The monoisotopic (exact) mass is 414 g/mol. The quantitative estimate of drug-likeness (QED) is 0.664. The number of sulfonamides is 1. The first kappa shape index (κ1) is 19.4. The van der Waals surface area contributed by atoms with E-state index in [-0.39, 0.29) is 18.5 Å². The summed E-state index contributed by atoms with van der Waals surface area (Å²) in [5.41, 5.74) is 2.11. The molecular weight excluding hydrogens is 392 g/mol. The van der Waals surface area contributed by atoms with Gasteiger partial charge in [-0.3, -0.25) is 9.78 Å². The molecule has 29 heavy (non-hydrogen) atoms. The minimum Gasteiger partial charge on any atom is -0.497 e. The Morgan fingerprint density at radius 3 is 2.76 bits per heavy atom. The molecule has 0 spiro atoms. The Hall–Kier alpha value is -2.91. The maximum Gasteiger partial charge on any atom is 0.270 e. The van der Waals surface area contributed by atoms with Crippen LogP contribution in [0.2, 0.25) is 0 Å². The number of likely N-dealkylation sites (tertiary alicyclic amines) is 1. The van der Waals surface area contributed by atoms with E-state index < -0.39 is 10.0 Å². The molecule has 9 heteroatoms. The van der Waals surface area contributed by atoms with Gasteiger partial charge in [-0.25, -0.2) is 8.42 Å². The lowest BCUT2D eigenvalue weighted by Gasteiger charge is -2.44. The van der Waals surface area contributed by atoms with Crippen molar-refractivity contribution in [1.29, 1.82) is 0 Å². The third-order valence-corrected chi connectivity index (χ3v) is 6.38. The molecule has 0 unspecified atom stereocenters. The summed E-state index contributed by atoms with van der Waals surface area (Å²) >= 11 is 0. The number of H-pyrrole nitrogens is 1. The van der Waals surface area contributed by atoms with Gasteiger partial charge in [-0.2, -0.15) is 4.31 Å². The molecule has 0 radical (unpaired) electrons. The maximum atomic E-state index is 12.8. The zero-order valence-corrected chi connectivity index (χ0v) is 17.0. The first-order valence-electron chi connectivity index (χ1n) is 9.17. The van der Waals surface area contributed by atoms with Gasteiger partial charge in [-0.1, -0.05) is 6.07 Å². The lowest BCUT2D eigenvalue weighted by atomic mass is 10.1. The van der Waals surface area contributed by atoms with Crippen LogP contribution >= 0.6 is 0 Å². The van der Waals surface area contributed by atoms with Gasteiger partial charge in [0.15, 0.2) is 0 Å². The van der Waals surface area contributed by atoms with Crippen molar-refractivity contribution in [3.8, 4) is 5.75 Å². The number of rotatable bonds is 6. The molecule has 1 amide bonds. The van der Waals surface area contributed by atoms with Crippen LogP contribution in [-0.4, -0.2) is 66.0 Å². The third kappa shape index (κ3) is 3.96. The van der Waals surface area contributed by atoms with Crippen LogP contribution in [0.4, 0.5) is 0 Å². The normalized spacial score (nSPS) is 14.9. The summed E-state index contributed by atoms with van der Waals surface area (Å²) in [6.45, 7) is 0.946. The molecule has 1 saturated heterocycles. The highest BCUT2D eigenvalue weighted by Crippen LogP contribution is 2.25. The van der Waals surface area contributed by atoms with Crippen LogP contribution in [0.25, 0.3) is 10.9 Å². The predicted octanol–water partition coefficient (Wildman–Crippen LogP) is 1.86. The lowest BCUT2D eigenvalue weighted by Crippen LogP contribution is -2.61. The number of nitrogens with one attached hydrogen (secondary N) is 1. The van der Waals surface area contributed by atoms with Crippen LogP contribution in [0.15, 0.2) is 48.8 Å². The molecule has 1 aliphatic rings. The lowest BCUT2D eigenvalue weighted by molar-refractivity contribution is 0.0439. The molecule has 1 N–H and O–H groups in total. The van der Waals surface area contributed by atoms with E-state index in [1.165, 1.54) is 10.6 Å². The highest BCUT2D eigenvalue weighted by Gasteiger charge is 2.39. The zero-order valence-electron chi connectivity index (χ0n) is 16.2. The first-order chi connectivity index (χ1) is 13.8. The molecule has 0 aliphatic carbocycles. The fourth-order valence-corrected chi connectivity index (χ4v) is 4.57. The smallest absolute Gasteiger partial charge is 0.270 e. The van der Waals surface area contributed by atoms with Gasteiger partial charge in [0.05, 0.1) is 19.4 Å². The van der Waals surface area contributed by atoms with Crippen LogP contribution in [0, 0.1) is 0 Å². The minimum absolute atomic E-state index is 0.147. The Morgan fingerprint density at radius 1 is 1.31 bits per heavy atom. The van der Waals surface area contributed by atoms with Crippen molar-refractivity contribution in [2.45, 2.75) is 12.6 Å². The Kier molecular flexibility index (Phi) is 5.01. The van der Waals surface area contributed by atoms with E-state index in [0.717, 1.165) is 16.5 Å². The number of nitrogens with zero attached hydrogens (tertiary/aromatic N) is 3. The molecular formula is C20H22N4O4S. The molecule has 1 aliphatic heterocycles. The van der Waals surface area contributed by atoms with Gasteiger partial charge >= 0.3 is 0 Å². The molecule has 0 saturated carbocycles. The van der Waals surface area contributed by atoms with E-state index >= 15 is 0 Å². The standard InChI is InChI=1S/C20H22N4O4S/c1-28-17-6-5-15-8-19(22-18(15)9-17)20(25)23-12-16(13-23)24(29(2,26)27)11-14-4-3-7-21-10-14/h3-10,16,22H,11-13H2,1-2H3. The van der Waals surface area contributed by atoms with Crippen molar-refractivity contribution < 1.29 is 17.9 Å². The summed E-state index contributed by atoms with van der Waals surface area (Å²) in [4.78, 5) is 21.6. The second-order valence-electron chi connectivity index (χ2n) is 7.17. The highest BCUT2D eigenvalue weighted by molar-refractivity contribution is 7.88. The van der Waals surface area contributed by atoms with Gasteiger partial charge in [0.25, 0.3) is 5.91 Å². The van der Waals surface area contributed by atoms with Gasteiger partial charge in [0.1, 0.15) is 11.4 Å². The van der Waals surface area contributed by atoms with Crippen molar-refractivity contribution in [2.24, 2.45) is 0 Å². The van der Waals surface area contributed by atoms with Gasteiger partial charge in [0, 0.05) is 49.0 Å². The highest BCUT2D eigenvalue weighted by atomic mass is 32.2. The molecule has 1 aromatic carbocycles. The second-order valence-corrected chi connectivity index (χ2v) is 9.10. The zero-order chi connectivity index (χ0) is 20.6. The Balaban J connectivity index is 1.47. The fourth-order valence-electron chi connectivity index (χ4n) is 3.51. The predicted molar refractivity (Wildman–Crippen MR) is 109 cm³/mol. The molecule has 0 bridgehead atoms. The summed E-state index contributed by atoms with van der Waals surface area (Å²) in [7, 11) is -1.83. The van der Waals surface area contributed by atoms with E-state index in [0.29, 0.717) is 24.5 Å². The van der Waals surface area contributed by atoms with Crippen LogP contribution in [0.3, 0.4) is 0 Å². The number of hydrogen-bond donors (Lipinski definition) is 1. The van der Waals surface area contributed by atoms with E-state index in [1.807, 2.05) is 24.3 Å². The molecule has 3 aromatic rings. The Labute approximate surface area is 169 Å². The number of ether oxygens (including phenoxy) is 1. The van der Waals surface area contributed by atoms with E-state index in [1.54, 1.807) is 36.5 Å². The molecule has 0 atom stereocenters. The van der Waals surface area contributed by atoms with Crippen LogP contribution in [-0.2, 0) is 16.6 Å². The largest absolute Gasteiger partial charge is 0.497 e. The number of aromatic amines is 1. The molecule has 8 nitrogen and oxygen atoms in total. The Morgan fingerprint density at radius 2 is 2.10 bits per heavy atom. The van der Waals surface area contributed by atoms with Gasteiger partial charge in [-0.15, -0.1) is 0 Å². The third-order valence-electron chi connectivity index (χ3n) is 5.10. The summed E-state index contributed by atoms with van der Waals surface area (Å²) in [6, 6.07) is 10.7. The molecule has 1 fully saturated rings. The summed E-state index contributed by atoms with van der Waals surface area (Å²) in [6.07, 6.45) is 4.49. The summed E-state index contributed by atoms with van der Waals surface area (Å²) < 4.78 is 31.2. The number of benzene rings is 1. The topological polar surface area (TPSA) is 95.6 Å². The first-order valence-corrected chi connectivity index (χ1v) is 11.0. The molecule has 152 valence electrons. The second kappa shape index (κ2) is 7.49. The summed E-state index contributed by atoms with van der Waals surface area (Å²) in [5.74, 6) is 0.563. The summed E-state index contributed by atoms with van der Waals surface area (Å²) in [5, 5.41) is 0.917. The Bertz CT molecular complexity index is 1140. The van der Waals surface area contributed by atoms with E-state index in [9.17, 15) is 13.2 Å². The number of fused-ring (bicyclic) bond motifs is 1. The molecule has 3 heterocycles. The van der Waals surface area contributed by atoms with Crippen LogP contribution in [0.1, 0.15) is 16.1 Å². The number of carbonyl (C=O) groups excluding carboxylic acids is 1. The van der Waals surface area contributed by atoms with Crippen molar-refractivity contribution in [3.63, 3.8) is 0 Å². The molecule has 4 rings (SSSR count).